The van der Waals surface area contributed by atoms with Gasteiger partial charge < -0.3 is 21.6 Å². The van der Waals surface area contributed by atoms with Crippen molar-refractivity contribution in [2.24, 2.45) is 17.4 Å². The van der Waals surface area contributed by atoms with E-state index < -0.39 is 0 Å². The summed E-state index contributed by atoms with van der Waals surface area (Å²) in [5.41, 5.74) is 14.3. The minimum Gasteiger partial charge on any atom is -0.386 e. The summed E-state index contributed by atoms with van der Waals surface area (Å²) in [6, 6.07) is 0.433. The lowest BCUT2D eigenvalue weighted by Crippen LogP contribution is -2.31. The van der Waals surface area contributed by atoms with E-state index in [0.29, 0.717) is 12.0 Å². The molecule has 0 aliphatic heterocycles. The summed E-state index contributed by atoms with van der Waals surface area (Å²) >= 11 is 4.25. The second kappa shape index (κ2) is 31.4. The van der Waals surface area contributed by atoms with Crippen LogP contribution in [0.2, 0.25) is 0 Å². The molecule has 0 amide bonds. The van der Waals surface area contributed by atoms with Gasteiger partial charge in [-0.1, -0.05) is 56.7 Å². The van der Waals surface area contributed by atoms with Crippen LogP contribution in [0.3, 0.4) is 0 Å². The van der Waals surface area contributed by atoms with Gasteiger partial charge in [-0.15, -0.1) is 0 Å². The zero-order valence-corrected chi connectivity index (χ0v) is 21.8. The van der Waals surface area contributed by atoms with E-state index in [2.05, 4.69) is 95.8 Å². The number of nitrogens with two attached hydrogens (primary N) is 2. The molecule has 0 bridgehead atoms. The van der Waals surface area contributed by atoms with Crippen LogP contribution in [0.1, 0.15) is 68.2 Å². The smallest absolute Gasteiger partial charge is 0.106 e. The van der Waals surface area contributed by atoms with Crippen LogP contribution in [0.15, 0.2) is 47.2 Å². The van der Waals surface area contributed by atoms with Gasteiger partial charge in [0.25, 0.3) is 0 Å². The van der Waals surface area contributed by atoms with E-state index in [1.54, 1.807) is 0 Å². The SMILES string of the molecule is C=C(C)C(C)C(C)N/C(C)=C(/C)CS.C=O.CC.CC1=CCC=CC1.CN.CN. The number of rotatable bonds is 5. The van der Waals surface area contributed by atoms with Gasteiger partial charge in [-0.2, -0.15) is 12.6 Å². The number of carbonyl (C=O) groups excluding carboxylic acids is 1. The van der Waals surface area contributed by atoms with Gasteiger partial charge >= 0.3 is 0 Å². The predicted molar refractivity (Wildman–Crippen MR) is 140 cm³/mol. The second-order valence-corrected chi connectivity index (χ2v) is 6.41. The van der Waals surface area contributed by atoms with Gasteiger partial charge in [-0.05, 0) is 73.0 Å². The topological polar surface area (TPSA) is 81.1 Å². The van der Waals surface area contributed by atoms with Crippen molar-refractivity contribution in [1.29, 1.82) is 0 Å². The summed E-state index contributed by atoms with van der Waals surface area (Å²) in [6.07, 6.45) is 8.99. The van der Waals surface area contributed by atoms with E-state index in [9.17, 15) is 0 Å². The predicted octanol–water partition coefficient (Wildman–Crippen LogP) is 5.67. The van der Waals surface area contributed by atoms with Gasteiger partial charge in [0.15, 0.2) is 0 Å². The fraction of sp³-hybridized carbons (Fsp3) is 0.625. The molecule has 5 heteroatoms. The van der Waals surface area contributed by atoms with Crippen molar-refractivity contribution in [1.82, 2.24) is 5.32 Å². The Labute approximate surface area is 188 Å². The van der Waals surface area contributed by atoms with E-state index in [0.717, 1.165) is 12.2 Å². The van der Waals surface area contributed by atoms with Gasteiger partial charge in [-0.25, -0.2) is 0 Å². The van der Waals surface area contributed by atoms with Crippen LogP contribution < -0.4 is 16.8 Å². The lowest BCUT2D eigenvalue weighted by Gasteiger charge is -2.24. The molecule has 0 aromatic carbocycles. The molecule has 0 fully saturated rings. The Kier molecular flexibility index (Phi) is 41.5. The number of nitrogens with one attached hydrogen (secondary N) is 1. The van der Waals surface area contributed by atoms with E-state index in [-0.39, 0.29) is 0 Å². The standard InChI is InChI=1S/C12H23NS.C7H10.C2H6.2CH5N.CH2O/c1-8(2)10(4)12(6)13-11(5)9(3)7-14;1-7-5-3-2-4-6-7;4*1-2/h10,12-14H,1,7H2,2-6H3;2-3,6H,4-5H2,1H3;1-2H3;2*2H2,1H3;1H2/b11-9-;;;;;. The highest BCUT2D eigenvalue weighted by Gasteiger charge is 2.12. The van der Waals surface area contributed by atoms with Crippen LogP contribution in [-0.4, -0.2) is 32.7 Å². The Balaban J connectivity index is -0.000000107. The fourth-order valence-corrected chi connectivity index (χ4v) is 2.09. The number of hydrogen-bond acceptors (Lipinski definition) is 5. The average molecular weight is 430 g/mol. The van der Waals surface area contributed by atoms with Crippen LogP contribution in [0.25, 0.3) is 0 Å². The molecule has 1 rings (SSSR count). The van der Waals surface area contributed by atoms with Crippen molar-refractivity contribution in [2.45, 2.75) is 74.3 Å². The molecule has 1 aliphatic rings. The molecule has 2 atom stereocenters. The van der Waals surface area contributed by atoms with Gasteiger partial charge in [0.2, 0.25) is 0 Å². The maximum Gasteiger partial charge on any atom is 0.106 e. The first-order valence-corrected chi connectivity index (χ1v) is 10.9. The molecule has 0 saturated heterocycles. The first-order chi connectivity index (χ1) is 13.8. The van der Waals surface area contributed by atoms with Crippen LogP contribution in [0.4, 0.5) is 0 Å². The third-order valence-electron chi connectivity index (χ3n) is 4.06. The van der Waals surface area contributed by atoms with Crippen LogP contribution in [-0.2, 0) is 4.79 Å². The van der Waals surface area contributed by atoms with Crippen LogP contribution in [0, 0.1) is 5.92 Å². The first-order valence-electron chi connectivity index (χ1n) is 10.2. The molecule has 4 nitrogen and oxygen atoms in total. The molecule has 174 valence electrons. The Bertz CT molecular complexity index is 443. The van der Waals surface area contributed by atoms with Crippen molar-refractivity contribution < 1.29 is 4.79 Å². The Morgan fingerprint density at radius 3 is 1.79 bits per heavy atom. The lowest BCUT2D eigenvalue weighted by molar-refractivity contribution is -0.0979. The minimum absolute atomic E-state index is 0.433. The van der Waals surface area contributed by atoms with Crippen molar-refractivity contribution >= 4 is 19.4 Å². The summed E-state index contributed by atoms with van der Waals surface area (Å²) in [5.74, 6) is 1.31. The van der Waals surface area contributed by atoms with Gasteiger partial charge in [0, 0.05) is 17.5 Å². The maximum absolute atomic E-state index is 8.00. The summed E-state index contributed by atoms with van der Waals surface area (Å²) in [7, 11) is 3.00. The number of allylic oxidation sites excluding steroid dienone is 5. The van der Waals surface area contributed by atoms with Gasteiger partial charge in [0.1, 0.15) is 6.79 Å². The zero-order chi connectivity index (χ0) is 24.4. The van der Waals surface area contributed by atoms with Crippen molar-refractivity contribution in [2.75, 3.05) is 19.8 Å². The average Bonchev–Trinajstić information content (AvgIpc) is 2.78. The third-order valence-corrected chi connectivity index (χ3v) is 4.53. The third kappa shape index (κ3) is 26.7. The van der Waals surface area contributed by atoms with E-state index >= 15 is 0 Å². The molecule has 0 saturated carbocycles. The molecule has 2 unspecified atom stereocenters. The van der Waals surface area contributed by atoms with Crippen molar-refractivity contribution in [3.63, 3.8) is 0 Å². The highest BCUT2D eigenvalue weighted by atomic mass is 32.1. The molecule has 1 aliphatic carbocycles. The Morgan fingerprint density at radius 2 is 1.55 bits per heavy atom. The molecule has 0 aromatic rings. The van der Waals surface area contributed by atoms with Gasteiger partial charge in [0.05, 0.1) is 0 Å². The molecule has 5 N–H and O–H groups in total. The highest BCUT2D eigenvalue weighted by Crippen LogP contribution is 2.14. The number of thiol groups is 1. The highest BCUT2D eigenvalue weighted by molar-refractivity contribution is 7.80. The summed E-state index contributed by atoms with van der Waals surface area (Å²) in [6.45, 7) is 22.8. The summed E-state index contributed by atoms with van der Waals surface area (Å²) in [4.78, 5) is 8.00. The molecular weight excluding hydrogens is 378 g/mol. The largest absolute Gasteiger partial charge is 0.386 e. The van der Waals surface area contributed by atoms with E-state index in [1.807, 2.05) is 20.6 Å². The van der Waals surface area contributed by atoms with Crippen molar-refractivity contribution in [3.8, 4) is 0 Å². The molecule has 0 radical (unpaired) electrons. The Hall–Kier alpha value is -1.30. The molecule has 0 aromatic heterocycles. The normalized spacial score (nSPS) is 13.6. The summed E-state index contributed by atoms with van der Waals surface area (Å²) in [5, 5.41) is 3.48. The number of carbonyl (C=O) groups is 1. The monoisotopic (exact) mass is 429 g/mol. The number of hydrogen-bond donors (Lipinski definition) is 4. The molecular formula is C24H51N3OS. The minimum atomic E-state index is 0.433. The van der Waals surface area contributed by atoms with E-state index in [1.165, 1.54) is 42.9 Å². The van der Waals surface area contributed by atoms with Crippen molar-refractivity contribution in [3.05, 3.63) is 47.2 Å². The molecule has 0 spiro atoms. The van der Waals surface area contributed by atoms with Crippen LogP contribution >= 0.6 is 12.6 Å². The fourth-order valence-electron chi connectivity index (χ4n) is 1.85. The first kappa shape index (κ1) is 38.3. The lowest BCUT2D eigenvalue weighted by atomic mass is 9.96. The van der Waals surface area contributed by atoms with E-state index in [4.69, 9.17) is 4.79 Å². The maximum atomic E-state index is 8.00. The zero-order valence-electron chi connectivity index (χ0n) is 20.9. The quantitative estimate of drug-likeness (QED) is 0.335. The Morgan fingerprint density at radius 1 is 1.10 bits per heavy atom. The van der Waals surface area contributed by atoms with Gasteiger partial charge in [-0.3, -0.25) is 0 Å². The molecule has 29 heavy (non-hydrogen) atoms. The second-order valence-electron chi connectivity index (χ2n) is 6.09. The summed E-state index contributed by atoms with van der Waals surface area (Å²) < 4.78 is 0. The van der Waals surface area contributed by atoms with Crippen LogP contribution in [0.5, 0.6) is 0 Å². The molecule has 0 heterocycles.